The van der Waals surface area contributed by atoms with E-state index in [9.17, 15) is 0 Å². The van der Waals surface area contributed by atoms with Crippen LogP contribution in [0.3, 0.4) is 0 Å². The fraction of sp³-hybridized carbons (Fsp3) is 0.0769. The van der Waals surface area contributed by atoms with Crippen LogP contribution in [0, 0.1) is 0 Å². The van der Waals surface area contributed by atoms with Gasteiger partial charge in [0.1, 0.15) is 0 Å². The van der Waals surface area contributed by atoms with Gasteiger partial charge < -0.3 is 5.73 Å². The minimum atomic E-state index is 0.987. The number of rotatable bonds is 0. The third-order valence-corrected chi connectivity index (χ3v) is 2.37. The lowest BCUT2D eigenvalue weighted by molar-refractivity contribution is 1.34. The molecule has 0 saturated carbocycles. The molecule has 14 heavy (non-hydrogen) atoms. The van der Waals surface area contributed by atoms with Crippen molar-refractivity contribution in [1.29, 1.82) is 0 Å². The van der Waals surface area contributed by atoms with E-state index in [1.165, 1.54) is 10.8 Å². The molecule has 0 aromatic heterocycles. The molecule has 2 N–H and O–H groups in total. The molecule has 1 aliphatic carbocycles. The maximum Gasteiger partial charge on any atom is 0.00176 e. The van der Waals surface area contributed by atoms with Crippen molar-refractivity contribution < 1.29 is 0 Å². The average Bonchev–Trinajstić information content (AvgIpc) is 2.30. The number of nitrogens with two attached hydrogens (primary N) is 1. The summed E-state index contributed by atoms with van der Waals surface area (Å²) < 4.78 is 0. The van der Waals surface area contributed by atoms with Crippen molar-refractivity contribution in [3.8, 4) is 0 Å². The Morgan fingerprint density at radius 3 is 2.71 bits per heavy atom. The van der Waals surface area contributed by atoms with Gasteiger partial charge in [0.05, 0.1) is 0 Å². The minimum Gasteiger partial charge on any atom is -0.404 e. The van der Waals surface area contributed by atoms with Crippen LogP contribution in [0.15, 0.2) is 48.6 Å². The molecule has 0 bridgehead atoms. The fourth-order valence-electron chi connectivity index (χ4n) is 1.65. The van der Waals surface area contributed by atoms with Crippen molar-refractivity contribution in [2.75, 3.05) is 0 Å². The number of benzene rings is 1. The first-order valence-electron chi connectivity index (χ1n) is 4.75. The molecule has 1 nitrogen and oxygen atoms in total. The van der Waals surface area contributed by atoms with Crippen molar-refractivity contribution in [2.45, 2.75) is 6.42 Å². The molecule has 0 amide bonds. The second-order valence-electron chi connectivity index (χ2n) is 3.27. The lowest BCUT2D eigenvalue weighted by atomic mass is 10.0. The molecular formula is C13H13N. The zero-order valence-corrected chi connectivity index (χ0v) is 7.98. The summed E-state index contributed by atoms with van der Waals surface area (Å²) in [5, 5.41) is 2.33. The summed E-state index contributed by atoms with van der Waals surface area (Å²) >= 11 is 0. The topological polar surface area (TPSA) is 26.0 Å². The van der Waals surface area contributed by atoms with E-state index in [1.54, 1.807) is 6.20 Å². The lowest BCUT2D eigenvalue weighted by Gasteiger charge is -2.02. The summed E-state index contributed by atoms with van der Waals surface area (Å²) in [7, 11) is 0. The second kappa shape index (κ2) is 3.97. The zero-order chi connectivity index (χ0) is 9.80. The van der Waals surface area contributed by atoms with E-state index in [-0.39, 0.29) is 0 Å². The predicted octanol–water partition coefficient (Wildman–Crippen LogP) is 1.05. The van der Waals surface area contributed by atoms with E-state index in [0.717, 1.165) is 11.6 Å². The number of hydrogen-bond donors (Lipinski definition) is 1. The van der Waals surface area contributed by atoms with Gasteiger partial charge in [-0.15, -0.1) is 0 Å². The van der Waals surface area contributed by atoms with Gasteiger partial charge >= 0.3 is 0 Å². The van der Waals surface area contributed by atoms with Crippen LogP contribution in [0.2, 0.25) is 0 Å². The molecule has 0 fully saturated rings. The average molecular weight is 183 g/mol. The van der Waals surface area contributed by atoms with Gasteiger partial charge in [-0.05, 0) is 22.4 Å². The maximum absolute atomic E-state index is 5.58. The van der Waals surface area contributed by atoms with E-state index in [0.29, 0.717) is 0 Å². The molecule has 2 rings (SSSR count). The maximum atomic E-state index is 5.58. The molecule has 0 saturated heterocycles. The summed E-state index contributed by atoms with van der Waals surface area (Å²) in [6, 6.07) is 8.19. The monoisotopic (exact) mass is 183 g/mol. The van der Waals surface area contributed by atoms with Crippen LogP contribution in [0.4, 0.5) is 0 Å². The zero-order valence-electron chi connectivity index (χ0n) is 7.98. The van der Waals surface area contributed by atoms with Crippen LogP contribution in [0.25, 0.3) is 11.8 Å². The van der Waals surface area contributed by atoms with Crippen LogP contribution < -0.4 is 16.2 Å². The Morgan fingerprint density at radius 2 is 2.00 bits per heavy atom. The summed E-state index contributed by atoms with van der Waals surface area (Å²) in [5.74, 6) is 0. The molecule has 0 heterocycles. The largest absolute Gasteiger partial charge is 0.404 e. The normalized spacial score (nSPS) is 20.1. The van der Waals surface area contributed by atoms with Gasteiger partial charge in [0.25, 0.3) is 0 Å². The number of allylic oxidation sites excluding steroid dienone is 4. The van der Waals surface area contributed by atoms with Gasteiger partial charge in [0, 0.05) is 6.20 Å². The Kier molecular flexibility index (Phi) is 2.50. The van der Waals surface area contributed by atoms with Crippen LogP contribution >= 0.6 is 0 Å². The van der Waals surface area contributed by atoms with Crippen molar-refractivity contribution in [1.82, 2.24) is 0 Å². The third kappa shape index (κ3) is 1.62. The fourth-order valence-corrected chi connectivity index (χ4v) is 1.65. The molecule has 0 radical (unpaired) electrons. The summed E-state index contributed by atoms with van der Waals surface area (Å²) in [6.07, 6.45) is 11.1. The Bertz CT molecular complexity index is 492. The van der Waals surface area contributed by atoms with Crippen molar-refractivity contribution in [3.05, 3.63) is 59.0 Å². The highest BCUT2D eigenvalue weighted by Gasteiger charge is 1.95. The van der Waals surface area contributed by atoms with Gasteiger partial charge in [0.15, 0.2) is 0 Å². The standard InChI is InChI=1S/C13H13N/c14-10-12-8-4-5-9-13(12)11-6-2-1-3-7-11/h1-6,8-10H,7,14H2/b12-10-,13-11-. The van der Waals surface area contributed by atoms with Gasteiger partial charge in [0.2, 0.25) is 0 Å². The van der Waals surface area contributed by atoms with E-state index in [4.69, 9.17) is 5.73 Å². The SMILES string of the molecule is N/C=c1/cccc/c1=C1\C=CC=CC1. The summed E-state index contributed by atoms with van der Waals surface area (Å²) in [5.41, 5.74) is 6.90. The van der Waals surface area contributed by atoms with Crippen LogP contribution in [0.1, 0.15) is 6.42 Å². The Labute approximate surface area is 83.6 Å². The molecule has 70 valence electrons. The van der Waals surface area contributed by atoms with Crippen LogP contribution in [0.5, 0.6) is 0 Å². The van der Waals surface area contributed by atoms with Crippen LogP contribution in [-0.4, -0.2) is 0 Å². The third-order valence-electron chi connectivity index (χ3n) is 2.37. The summed E-state index contributed by atoms with van der Waals surface area (Å²) in [4.78, 5) is 0. The first-order valence-corrected chi connectivity index (χ1v) is 4.75. The number of hydrogen-bond acceptors (Lipinski definition) is 1. The molecule has 1 aromatic rings. The first kappa shape index (κ1) is 8.82. The molecule has 1 aromatic carbocycles. The molecule has 1 aliphatic rings. The lowest BCUT2D eigenvalue weighted by Crippen LogP contribution is -2.27. The molecule has 0 spiro atoms. The van der Waals surface area contributed by atoms with Gasteiger partial charge in [-0.25, -0.2) is 0 Å². The Morgan fingerprint density at radius 1 is 1.14 bits per heavy atom. The Hall–Kier alpha value is -1.76. The van der Waals surface area contributed by atoms with E-state index in [2.05, 4.69) is 30.4 Å². The van der Waals surface area contributed by atoms with E-state index < -0.39 is 0 Å². The molecular weight excluding hydrogens is 170 g/mol. The minimum absolute atomic E-state index is 0.987. The Balaban J connectivity index is 2.72. The highest BCUT2D eigenvalue weighted by molar-refractivity contribution is 5.61. The van der Waals surface area contributed by atoms with E-state index >= 15 is 0 Å². The second-order valence-corrected chi connectivity index (χ2v) is 3.27. The summed E-state index contributed by atoms with van der Waals surface area (Å²) in [6.45, 7) is 0. The van der Waals surface area contributed by atoms with E-state index in [1.807, 2.05) is 18.2 Å². The molecule has 0 aliphatic heterocycles. The van der Waals surface area contributed by atoms with Gasteiger partial charge in [-0.3, -0.25) is 0 Å². The van der Waals surface area contributed by atoms with Crippen LogP contribution in [-0.2, 0) is 0 Å². The highest BCUT2D eigenvalue weighted by atomic mass is 14.5. The smallest absolute Gasteiger partial charge is 0.00176 e. The highest BCUT2D eigenvalue weighted by Crippen LogP contribution is 2.08. The quantitative estimate of drug-likeness (QED) is 0.639. The van der Waals surface area contributed by atoms with Gasteiger partial charge in [-0.1, -0.05) is 48.6 Å². The molecule has 1 heteroatoms. The first-order chi connectivity index (χ1) is 6.92. The van der Waals surface area contributed by atoms with Gasteiger partial charge in [-0.2, -0.15) is 0 Å². The molecule has 0 atom stereocenters. The molecule has 0 unspecified atom stereocenters. The van der Waals surface area contributed by atoms with Crippen molar-refractivity contribution >= 4 is 11.8 Å². The predicted molar refractivity (Wildman–Crippen MR) is 60.6 cm³/mol. The van der Waals surface area contributed by atoms with Crippen molar-refractivity contribution in [3.63, 3.8) is 0 Å². The van der Waals surface area contributed by atoms with Crippen molar-refractivity contribution in [2.24, 2.45) is 5.73 Å².